The molecule has 1 N–H and O–H groups in total. The second-order valence-electron chi connectivity index (χ2n) is 7.17. The fraction of sp³-hybridized carbons (Fsp3) is 0.130. The summed E-state index contributed by atoms with van der Waals surface area (Å²) in [5.74, 6) is -0.593. The van der Waals surface area contributed by atoms with Crippen LogP contribution >= 0.6 is 39.1 Å². The van der Waals surface area contributed by atoms with E-state index < -0.39 is 22.5 Å². The van der Waals surface area contributed by atoms with E-state index in [1.54, 1.807) is 30.3 Å². The van der Waals surface area contributed by atoms with Crippen molar-refractivity contribution < 1.29 is 13.2 Å². The van der Waals surface area contributed by atoms with Crippen LogP contribution in [-0.4, -0.2) is 31.4 Å². The molecule has 0 radical (unpaired) electrons. The van der Waals surface area contributed by atoms with Gasteiger partial charge in [-0.1, -0.05) is 75.0 Å². The molecule has 0 bridgehead atoms. The molecule has 0 atom stereocenters. The molecule has 0 unspecified atom stereocenters. The molecule has 3 aromatic carbocycles. The lowest BCUT2D eigenvalue weighted by Crippen LogP contribution is -2.39. The number of aryl methyl sites for hydroxylation is 1. The zero-order valence-electron chi connectivity index (χ0n) is 17.5. The average molecular weight is 569 g/mol. The number of sulfonamides is 1. The maximum atomic E-state index is 13.3. The summed E-state index contributed by atoms with van der Waals surface area (Å²) in [6.07, 6.45) is 1.37. The van der Waals surface area contributed by atoms with Gasteiger partial charge in [0.05, 0.1) is 22.7 Å². The van der Waals surface area contributed by atoms with E-state index in [0.717, 1.165) is 19.9 Å². The average Bonchev–Trinajstić information content (AvgIpc) is 2.76. The molecule has 0 aliphatic heterocycles. The van der Waals surface area contributed by atoms with E-state index >= 15 is 0 Å². The first-order valence-corrected chi connectivity index (χ1v) is 12.7. The van der Waals surface area contributed by atoms with Gasteiger partial charge in [0.2, 0.25) is 10.0 Å². The Balaban J connectivity index is 1.79. The highest BCUT2D eigenvalue weighted by Crippen LogP contribution is 2.21. The van der Waals surface area contributed by atoms with Crippen molar-refractivity contribution in [3.05, 3.63) is 97.9 Å². The van der Waals surface area contributed by atoms with Gasteiger partial charge in [0.25, 0.3) is 5.91 Å². The smallest absolute Gasteiger partial charge is 0.255 e. The minimum atomic E-state index is -3.95. The van der Waals surface area contributed by atoms with Crippen LogP contribution in [0.5, 0.6) is 0 Å². The number of halogens is 3. The maximum absolute atomic E-state index is 13.3. The van der Waals surface area contributed by atoms with Crippen molar-refractivity contribution in [2.75, 3.05) is 6.54 Å². The number of hydrogen-bond donors (Lipinski definition) is 1. The molecule has 33 heavy (non-hydrogen) atoms. The molecule has 0 aromatic heterocycles. The molecule has 0 aliphatic carbocycles. The highest BCUT2D eigenvalue weighted by molar-refractivity contribution is 9.10. The molecule has 0 saturated heterocycles. The molecule has 172 valence electrons. The molecule has 0 fully saturated rings. The van der Waals surface area contributed by atoms with Crippen molar-refractivity contribution in [2.45, 2.75) is 18.4 Å². The number of nitrogens with zero attached hydrogens (tertiary/aromatic N) is 2. The van der Waals surface area contributed by atoms with E-state index in [2.05, 4.69) is 26.5 Å². The van der Waals surface area contributed by atoms with E-state index in [4.69, 9.17) is 23.2 Å². The Kier molecular flexibility index (Phi) is 8.67. The molecule has 0 heterocycles. The monoisotopic (exact) mass is 567 g/mol. The van der Waals surface area contributed by atoms with Gasteiger partial charge < -0.3 is 0 Å². The predicted octanol–water partition coefficient (Wildman–Crippen LogP) is 5.41. The van der Waals surface area contributed by atoms with Crippen LogP contribution in [-0.2, 0) is 21.4 Å². The molecule has 0 aliphatic rings. The van der Waals surface area contributed by atoms with E-state index in [0.29, 0.717) is 15.6 Å². The van der Waals surface area contributed by atoms with Crippen LogP contribution in [0, 0.1) is 6.92 Å². The second kappa shape index (κ2) is 11.3. The minimum Gasteiger partial charge on any atom is -0.272 e. The van der Waals surface area contributed by atoms with Gasteiger partial charge in [-0.15, -0.1) is 0 Å². The molecular weight excluding hydrogens is 549 g/mol. The van der Waals surface area contributed by atoms with Crippen molar-refractivity contribution >= 4 is 61.3 Å². The van der Waals surface area contributed by atoms with E-state index in [1.165, 1.54) is 18.3 Å². The number of amides is 1. The first kappa shape index (κ1) is 25.4. The molecule has 3 rings (SSSR count). The Labute approximate surface area is 211 Å². The van der Waals surface area contributed by atoms with Crippen molar-refractivity contribution in [3.8, 4) is 0 Å². The maximum Gasteiger partial charge on any atom is 0.255 e. The number of benzene rings is 3. The highest BCUT2D eigenvalue weighted by atomic mass is 79.9. The summed E-state index contributed by atoms with van der Waals surface area (Å²) in [6.45, 7) is 1.55. The Morgan fingerprint density at radius 3 is 2.36 bits per heavy atom. The van der Waals surface area contributed by atoms with Crippen molar-refractivity contribution in [3.63, 3.8) is 0 Å². The second-order valence-corrected chi connectivity index (χ2v) is 10.9. The zero-order chi connectivity index (χ0) is 24.0. The molecular formula is C23H20BrCl2N3O3S. The first-order chi connectivity index (χ1) is 15.6. The number of hydrogen-bond acceptors (Lipinski definition) is 4. The summed E-state index contributed by atoms with van der Waals surface area (Å²) in [6, 6.07) is 18.5. The number of carbonyl (C=O) groups is 1. The molecule has 6 nitrogen and oxygen atoms in total. The normalized spacial score (nSPS) is 11.8. The van der Waals surface area contributed by atoms with Crippen LogP contribution < -0.4 is 5.43 Å². The predicted molar refractivity (Wildman–Crippen MR) is 135 cm³/mol. The minimum absolute atomic E-state index is 0.0266. The largest absolute Gasteiger partial charge is 0.272 e. The molecule has 0 spiro atoms. The summed E-state index contributed by atoms with van der Waals surface area (Å²) in [5, 5.41) is 4.74. The van der Waals surface area contributed by atoms with E-state index in [-0.39, 0.29) is 11.4 Å². The van der Waals surface area contributed by atoms with Crippen molar-refractivity contribution in [2.24, 2.45) is 5.10 Å². The quantitative estimate of drug-likeness (QED) is 0.292. The Morgan fingerprint density at radius 2 is 1.73 bits per heavy atom. The number of hydrazone groups is 1. The van der Waals surface area contributed by atoms with Crippen LogP contribution in [0.3, 0.4) is 0 Å². The van der Waals surface area contributed by atoms with Crippen molar-refractivity contribution in [1.29, 1.82) is 0 Å². The molecule has 0 saturated carbocycles. The lowest BCUT2D eigenvalue weighted by molar-refractivity contribution is -0.121. The van der Waals surface area contributed by atoms with E-state index in [9.17, 15) is 13.2 Å². The lowest BCUT2D eigenvalue weighted by Gasteiger charge is -2.21. The van der Waals surface area contributed by atoms with Gasteiger partial charge in [-0.2, -0.15) is 9.41 Å². The third kappa shape index (κ3) is 7.12. The van der Waals surface area contributed by atoms with Gasteiger partial charge in [0.1, 0.15) is 0 Å². The lowest BCUT2D eigenvalue weighted by atomic mass is 10.1. The summed E-state index contributed by atoms with van der Waals surface area (Å²) < 4.78 is 28.4. The molecule has 10 heteroatoms. The Morgan fingerprint density at radius 1 is 1.06 bits per heavy atom. The van der Waals surface area contributed by atoms with Crippen LogP contribution in [0.4, 0.5) is 0 Å². The summed E-state index contributed by atoms with van der Waals surface area (Å²) >= 11 is 15.3. The fourth-order valence-electron chi connectivity index (χ4n) is 2.85. The number of carbonyl (C=O) groups excluding carboxylic acids is 1. The first-order valence-electron chi connectivity index (χ1n) is 9.73. The van der Waals surface area contributed by atoms with Crippen LogP contribution in [0.25, 0.3) is 0 Å². The van der Waals surface area contributed by atoms with Crippen LogP contribution in [0.2, 0.25) is 10.0 Å². The summed E-state index contributed by atoms with van der Waals surface area (Å²) in [7, 11) is -3.95. The van der Waals surface area contributed by atoms with Gasteiger partial charge in [0.15, 0.2) is 0 Å². The van der Waals surface area contributed by atoms with Gasteiger partial charge in [0, 0.05) is 21.6 Å². The zero-order valence-corrected chi connectivity index (χ0v) is 21.4. The van der Waals surface area contributed by atoms with Gasteiger partial charge in [-0.25, -0.2) is 13.8 Å². The standard InChI is InChI=1S/C23H20BrCl2N3O3S/c1-16-2-4-17(5-3-16)14-29(33(31,32)21-10-7-19(24)8-11-21)15-23(30)28-27-13-18-6-9-20(25)12-22(18)26/h2-13H,14-15H2,1H3,(H,28,30)/b27-13-. The number of rotatable bonds is 8. The third-order valence-electron chi connectivity index (χ3n) is 4.61. The highest BCUT2D eigenvalue weighted by Gasteiger charge is 2.27. The summed E-state index contributed by atoms with van der Waals surface area (Å²) in [4.78, 5) is 12.7. The Hall–Kier alpha value is -2.23. The molecule has 3 aromatic rings. The van der Waals surface area contributed by atoms with Crippen LogP contribution in [0.15, 0.2) is 81.2 Å². The fourth-order valence-corrected chi connectivity index (χ4v) is 4.96. The van der Waals surface area contributed by atoms with Gasteiger partial charge >= 0.3 is 0 Å². The van der Waals surface area contributed by atoms with Gasteiger partial charge in [-0.3, -0.25) is 4.79 Å². The van der Waals surface area contributed by atoms with Gasteiger partial charge in [-0.05, 0) is 48.9 Å². The topological polar surface area (TPSA) is 78.8 Å². The van der Waals surface area contributed by atoms with Crippen LogP contribution in [0.1, 0.15) is 16.7 Å². The van der Waals surface area contributed by atoms with Crippen molar-refractivity contribution in [1.82, 2.24) is 9.73 Å². The third-order valence-corrected chi connectivity index (χ3v) is 7.50. The SMILES string of the molecule is Cc1ccc(CN(CC(=O)N/N=C\c2ccc(Cl)cc2Cl)S(=O)(=O)c2ccc(Br)cc2)cc1. The summed E-state index contributed by atoms with van der Waals surface area (Å²) in [5.41, 5.74) is 4.72. The Bertz CT molecular complexity index is 1270. The molecule has 1 amide bonds. The van der Waals surface area contributed by atoms with E-state index in [1.807, 2.05) is 31.2 Å². The number of nitrogens with one attached hydrogen (secondary N) is 1.